The molecule has 1 aliphatic heterocycles. The molecule has 1 atom stereocenters. The van der Waals surface area contributed by atoms with Gasteiger partial charge in [0.15, 0.2) is 22.9 Å². The van der Waals surface area contributed by atoms with E-state index in [1.54, 1.807) is 54.6 Å². The van der Waals surface area contributed by atoms with Crippen molar-refractivity contribution in [3.63, 3.8) is 0 Å². The van der Waals surface area contributed by atoms with Crippen LogP contribution in [0.15, 0.2) is 60.7 Å². The van der Waals surface area contributed by atoms with Gasteiger partial charge in [-0.2, -0.15) is 0 Å². The number of aliphatic hydroxyl groups is 1. The van der Waals surface area contributed by atoms with Crippen LogP contribution in [0.1, 0.15) is 27.9 Å². The number of carbonyl (C=O) groups excluding carboxylic acids is 2. The third-order valence-corrected chi connectivity index (χ3v) is 6.29. The number of anilines is 1. The topological polar surface area (TPSA) is 76.1 Å². The van der Waals surface area contributed by atoms with Gasteiger partial charge in [-0.05, 0) is 42.0 Å². The number of para-hydroxylation sites is 1. The Balaban J connectivity index is 1.67. The minimum absolute atomic E-state index is 0.124. The van der Waals surface area contributed by atoms with Gasteiger partial charge in [-0.15, -0.1) is 0 Å². The summed E-state index contributed by atoms with van der Waals surface area (Å²) in [7, 11) is 2.97. The van der Waals surface area contributed by atoms with Gasteiger partial charge in [0.1, 0.15) is 0 Å². The van der Waals surface area contributed by atoms with E-state index in [1.807, 2.05) is 0 Å². The molecule has 0 saturated carbocycles. The van der Waals surface area contributed by atoms with E-state index < -0.39 is 23.7 Å². The molecule has 0 saturated heterocycles. The number of amides is 1. The maximum atomic E-state index is 13.5. The maximum absolute atomic E-state index is 13.5. The standard InChI is InChI=1S/C25H21Cl2NO5/c1-32-22-10-8-15(11-23(22)33-2)21(29)13-25(31)18-5-3-4-6-20(18)28(24(25)30)14-16-7-9-17(26)12-19(16)27/h3-12,31H,13-14H2,1-2H3. The molecule has 0 aliphatic carbocycles. The molecule has 3 aromatic rings. The Hall–Kier alpha value is -3.06. The maximum Gasteiger partial charge on any atom is 0.264 e. The average molecular weight is 486 g/mol. The highest BCUT2D eigenvalue weighted by Gasteiger charge is 2.50. The van der Waals surface area contributed by atoms with Crippen LogP contribution >= 0.6 is 23.2 Å². The zero-order valence-corrected chi connectivity index (χ0v) is 19.5. The Labute approximate surface area is 201 Å². The Morgan fingerprint density at radius 1 is 1.00 bits per heavy atom. The average Bonchev–Trinajstić information content (AvgIpc) is 3.02. The van der Waals surface area contributed by atoms with Crippen LogP contribution in [0.2, 0.25) is 10.0 Å². The van der Waals surface area contributed by atoms with Crippen LogP contribution in [0, 0.1) is 0 Å². The number of rotatable bonds is 7. The summed E-state index contributed by atoms with van der Waals surface area (Å²) in [6, 6.07) is 16.6. The van der Waals surface area contributed by atoms with E-state index in [4.69, 9.17) is 32.7 Å². The zero-order chi connectivity index (χ0) is 23.8. The van der Waals surface area contributed by atoms with Gasteiger partial charge in [0, 0.05) is 21.2 Å². The second kappa shape index (κ2) is 9.06. The molecular formula is C25H21Cl2NO5. The van der Waals surface area contributed by atoms with Gasteiger partial charge in [-0.25, -0.2) is 0 Å². The molecule has 1 amide bonds. The molecule has 33 heavy (non-hydrogen) atoms. The molecule has 6 nitrogen and oxygen atoms in total. The number of fused-ring (bicyclic) bond motifs is 1. The first-order valence-electron chi connectivity index (χ1n) is 10.1. The quantitative estimate of drug-likeness (QED) is 0.475. The van der Waals surface area contributed by atoms with Crippen LogP contribution in [0.4, 0.5) is 5.69 Å². The molecule has 0 fully saturated rings. The van der Waals surface area contributed by atoms with Gasteiger partial charge in [-0.3, -0.25) is 9.59 Å². The van der Waals surface area contributed by atoms with Crippen molar-refractivity contribution in [1.29, 1.82) is 0 Å². The number of ketones is 1. The molecule has 0 spiro atoms. The van der Waals surface area contributed by atoms with Crippen molar-refractivity contribution in [2.24, 2.45) is 0 Å². The predicted molar refractivity (Wildman–Crippen MR) is 126 cm³/mol. The van der Waals surface area contributed by atoms with E-state index >= 15 is 0 Å². The van der Waals surface area contributed by atoms with Crippen LogP contribution in [0.3, 0.4) is 0 Å². The van der Waals surface area contributed by atoms with E-state index in [2.05, 4.69) is 0 Å². The number of carbonyl (C=O) groups is 2. The number of ether oxygens (including phenoxy) is 2. The third-order valence-electron chi connectivity index (χ3n) is 5.70. The molecule has 3 aromatic carbocycles. The largest absolute Gasteiger partial charge is 0.493 e. The first-order valence-corrected chi connectivity index (χ1v) is 10.9. The number of Topliss-reactive ketones (excluding diaryl/α,β-unsaturated/α-hetero) is 1. The fraction of sp³-hybridized carbons (Fsp3) is 0.200. The van der Waals surface area contributed by atoms with Gasteiger partial charge >= 0.3 is 0 Å². The van der Waals surface area contributed by atoms with Crippen LogP contribution in [0.5, 0.6) is 11.5 Å². The normalized spacial score (nSPS) is 17.1. The summed E-state index contributed by atoms with van der Waals surface area (Å²) < 4.78 is 10.5. The van der Waals surface area contributed by atoms with Gasteiger partial charge in [0.25, 0.3) is 5.91 Å². The summed E-state index contributed by atoms with van der Waals surface area (Å²) in [4.78, 5) is 28.0. The lowest BCUT2D eigenvalue weighted by Crippen LogP contribution is -2.41. The Bertz CT molecular complexity index is 1250. The summed E-state index contributed by atoms with van der Waals surface area (Å²) in [6.07, 6.45) is -0.427. The molecule has 0 bridgehead atoms. The first-order chi connectivity index (χ1) is 15.8. The van der Waals surface area contributed by atoms with E-state index in [0.29, 0.717) is 43.9 Å². The highest BCUT2D eigenvalue weighted by Crippen LogP contribution is 2.44. The highest BCUT2D eigenvalue weighted by molar-refractivity contribution is 6.35. The Morgan fingerprint density at radius 3 is 2.42 bits per heavy atom. The number of benzene rings is 3. The van der Waals surface area contributed by atoms with Crippen molar-refractivity contribution in [2.75, 3.05) is 19.1 Å². The second-order valence-electron chi connectivity index (χ2n) is 7.67. The minimum atomic E-state index is -2.01. The summed E-state index contributed by atoms with van der Waals surface area (Å²) in [5, 5.41) is 12.4. The number of methoxy groups -OCH3 is 2. The monoisotopic (exact) mass is 485 g/mol. The predicted octanol–water partition coefficient (Wildman–Crippen LogP) is 5.02. The van der Waals surface area contributed by atoms with Crippen molar-refractivity contribution < 1.29 is 24.2 Å². The van der Waals surface area contributed by atoms with Crippen molar-refractivity contribution in [3.05, 3.63) is 87.4 Å². The van der Waals surface area contributed by atoms with Crippen LogP contribution < -0.4 is 14.4 Å². The van der Waals surface area contributed by atoms with Crippen molar-refractivity contribution in [1.82, 2.24) is 0 Å². The van der Waals surface area contributed by atoms with E-state index in [1.165, 1.54) is 25.2 Å². The van der Waals surface area contributed by atoms with E-state index in [9.17, 15) is 14.7 Å². The molecule has 0 aromatic heterocycles. The second-order valence-corrected chi connectivity index (χ2v) is 8.52. The van der Waals surface area contributed by atoms with Crippen LogP contribution in [0.25, 0.3) is 0 Å². The number of halogens is 2. The molecule has 8 heteroatoms. The van der Waals surface area contributed by atoms with Crippen molar-refractivity contribution >= 4 is 40.6 Å². The molecule has 1 unspecified atom stereocenters. The first kappa shape index (κ1) is 23.1. The Morgan fingerprint density at radius 2 is 1.73 bits per heavy atom. The summed E-state index contributed by atoms with van der Waals surface area (Å²) >= 11 is 12.3. The third kappa shape index (κ3) is 4.17. The minimum Gasteiger partial charge on any atom is -0.493 e. The van der Waals surface area contributed by atoms with Gasteiger partial charge in [0.05, 0.1) is 32.9 Å². The highest BCUT2D eigenvalue weighted by atomic mass is 35.5. The van der Waals surface area contributed by atoms with Gasteiger partial charge in [0.2, 0.25) is 0 Å². The molecule has 1 heterocycles. The molecule has 170 valence electrons. The number of hydrogen-bond acceptors (Lipinski definition) is 5. The van der Waals surface area contributed by atoms with Gasteiger partial charge in [-0.1, -0.05) is 47.5 Å². The van der Waals surface area contributed by atoms with Crippen LogP contribution in [-0.2, 0) is 16.9 Å². The summed E-state index contributed by atoms with van der Waals surface area (Å²) in [6.45, 7) is 0.124. The summed E-state index contributed by atoms with van der Waals surface area (Å²) in [5.41, 5.74) is -0.157. The van der Waals surface area contributed by atoms with E-state index in [0.717, 1.165) is 0 Å². The lowest BCUT2D eigenvalue weighted by Gasteiger charge is -2.23. The molecule has 0 radical (unpaired) electrons. The Kier molecular flexibility index (Phi) is 6.34. The summed E-state index contributed by atoms with van der Waals surface area (Å²) in [5.74, 6) is -0.148. The number of nitrogens with zero attached hydrogens (tertiary/aromatic N) is 1. The molecule has 4 rings (SSSR count). The lowest BCUT2D eigenvalue weighted by molar-refractivity contribution is -0.136. The number of hydrogen-bond donors (Lipinski definition) is 1. The fourth-order valence-electron chi connectivity index (χ4n) is 4.00. The molecule has 1 aliphatic rings. The molecule has 1 N–H and O–H groups in total. The SMILES string of the molecule is COc1ccc(C(=O)CC2(O)C(=O)N(Cc3ccc(Cl)cc3Cl)c3ccccc32)cc1OC. The fourth-order valence-corrected chi connectivity index (χ4v) is 4.47. The van der Waals surface area contributed by atoms with Crippen molar-refractivity contribution in [3.8, 4) is 11.5 Å². The zero-order valence-electron chi connectivity index (χ0n) is 18.0. The van der Waals surface area contributed by atoms with Crippen molar-refractivity contribution in [2.45, 2.75) is 18.6 Å². The smallest absolute Gasteiger partial charge is 0.264 e. The van der Waals surface area contributed by atoms with Gasteiger partial charge < -0.3 is 19.5 Å². The van der Waals surface area contributed by atoms with E-state index in [-0.39, 0.29) is 6.54 Å². The lowest BCUT2D eigenvalue weighted by atomic mass is 9.88. The van der Waals surface area contributed by atoms with Crippen LogP contribution in [-0.4, -0.2) is 31.0 Å². The molecular weight excluding hydrogens is 465 g/mol.